The second kappa shape index (κ2) is 10.2. The maximum absolute atomic E-state index is 13.1. The summed E-state index contributed by atoms with van der Waals surface area (Å²) < 4.78 is 35.8. The van der Waals surface area contributed by atoms with Gasteiger partial charge in [-0.15, -0.1) is 0 Å². The van der Waals surface area contributed by atoms with Crippen molar-refractivity contribution >= 4 is 32.7 Å². The van der Waals surface area contributed by atoms with Gasteiger partial charge in [-0.1, -0.05) is 24.3 Å². The minimum atomic E-state index is -3.98. The summed E-state index contributed by atoms with van der Waals surface area (Å²) in [6, 6.07) is 14.3. The van der Waals surface area contributed by atoms with Crippen molar-refractivity contribution in [2.75, 3.05) is 12.3 Å². The van der Waals surface area contributed by atoms with Gasteiger partial charge in [0, 0.05) is 18.4 Å². The van der Waals surface area contributed by atoms with Gasteiger partial charge in [0.05, 0.1) is 23.2 Å². The van der Waals surface area contributed by atoms with Crippen molar-refractivity contribution in [1.29, 1.82) is 0 Å². The summed E-state index contributed by atoms with van der Waals surface area (Å²) >= 11 is 0. The highest BCUT2D eigenvalue weighted by Crippen LogP contribution is 2.19. The molecule has 182 valence electrons. The molecule has 4 aromatic rings. The molecule has 0 saturated heterocycles. The normalized spacial score (nSPS) is 12.5. The number of anilines is 1. The van der Waals surface area contributed by atoms with Gasteiger partial charge < -0.3 is 15.0 Å². The van der Waals surface area contributed by atoms with Crippen molar-refractivity contribution in [2.45, 2.75) is 37.8 Å². The number of carbonyl (C=O) groups is 1. The minimum Gasteiger partial charge on any atom is -0.465 e. The molecular weight excluding hydrogens is 466 g/mol. The zero-order valence-corrected chi connectivity index (χ0v) is 20.3. The van der Waals surface area contributed by atoms with Crippen molar-refractivity contribution in [1.82, 2.24) is 19.3 Å². The van der Waals surface area contributed by atoms with Crippen LogP contribution in [0.3, 0.4) is 0 Å². The lowest BCUT2D eigenvalue weighted by molar-refractivity contribution is -0.145. The average Bonchev–Trinajstić information content (AvgIpc) is 3.15. The molecule has 3 N–H and O–H groups in total. The third-order valence-electron chi connectivity index (χ3n) is 5.60. The van der Waals surface area contributed by atoms with Crippen LogP contribution in [0.1, 0.15) is 23.9 Å². The van der Waals surface area contributed by atoms with Gasteiger partial charge in [0.15, 0.2) is 0 Å². The second-order valence-corrected chi connectivity index (χ2v) is 9.84. The molecule has 2 heterocycles. The van der Waals surface area contributed by atoms with Crippen molar-refractivity contribution in [3.63, 3.8) is 0 Å². The number of nitrogens with zero attached hydrogens (tertiary/aromatic N) is 3. The zero-order chi connectivity index (χ0) is 25.0. The van der Waals surface area contributed by atoms with Crippen molar-refractivity contribution in [3.8, 4) is 0 Å². The molecule has 0 aliphatic heterocycles. The lowest BCUT2D eigenvalue weighted by atomic mass is 10.1. The van der Waals surface area contributed by atoms with E-state index in [1.165, 1.54) is 12.1 Å². The van der Waals surface area contributed by atoms with Crippen LogP contribution in [0.25, 0.3) is 11.0 Å². The third-order valence-corrected chi connectivity index (χ3v) is 7.09. The van der Waals surface area contributed by atoms with Crippen LogP contribution >= 0.6 is 0 Å². The Morgan fingerprint density at radius 3 is 2.46 bits per heavy atom. The van der Waals surface area contributed by atoms with E-state index in [0.29, 0.717) is 12.2 Å². The highest BCUT2D eigenvalue weighted by atomic mass is 32.2. The van der Waals surface area contributed by atoms with Crippen LogP contribution in [0, 0.1) is 6.92 Å². The molecule has 0 fully saturated rings. The van der Waals surface area contributed by atoms with Gasteiger partial charge in [-0.3, -0.25) is 9.78 Å². The molecule has 10 heteroatoms. The van der Waals surface area contributed by atoms with Crippen molar-refractivity contribution in [2.24, 2.45) is 0 Å². The van der Waals surface area contributed by atoms with Gasteiger partial charge in [-0.25, -0.2) is 13.4 Å². The molecule has 0 radical (unpaired) electrons. The number of benzene rings is 2. The Hall–Kier alpha value is -3.76. The quantitative estimate of drug-likeness (QED) is 0.271. The Morgan fingerprint density at radius 1 is 1.09 bits per heavy atom. The predicted octanol–water partition coefficient (Wildman–Crippen LogP) is 2.82. The van der Waals surface area contributed by atoms with Crippen LogP contribution in [0.15, 0.2) is 71.9 Å². The first kappa shape index (κ1) is 24.4. The third kappa shape index (κ3) is 5.67. The predicted molar refractivity (Wildman–Crippen MR) is 133 cm³/mol. The van der Waals surface area contributed by atoms with Gasteiger partial charge in [-0.05, 0) is 61.7 Å². The number of ether oxygens (including phenoxy) is 1. The fraction of sp³-hybridized carbons (Fsp3) is 0.240. The molecule has 0 unspecified atom stereocenters. The largest absolute Gasteiger partial charge is 0.465 e. The summed E-state index contributed by atoms with van der Waals surface area (Å²) in [6.45, 7) is 4.26. The van der Waals surface area contributed by atoms with E-state index in [-0.39, 0.29) is 17.9 Å². The number of pyridine rings is 1. The summed E-state index contributed by atoms with van der Waals surface area (Å²) in [6.07, 6.45) is 3.56. The van der Waals surface area contributed by atoms with E-state index in [2.05, 4.69) is 14.7 Å². The Labute approximate surface area is 204 Å². The topological polar surface area (TPSA) is 129 Å². The average molecular weight is 494 g/mol. The number of hydrogen-bond acceptors (Lipinski definition) is 7. The van der Waals surface area contributed by atoms with Gasteiger partial charge in [0.1, 0.15) is 17.4 Å². The number of imidazole rings is 1. The maximum atomic E-state index is 13.1. The summed E-state index contributed by atoms with van der Waals surface area (Å²) in [5, 5.41) is 0. The Kier molecular flexibility index (Phi) is 7.13. The number of nitrogens with one attached hydrogen (secondary N) is 1. The monoisotopic (exact) mass is 493 g/mol. The number of aryl methyl sites for hydroxylation is 1. The van der Waals surface area contributed by atoms with E-state index in [1.54, 1.807) is 55.7 Å². The number of nitrogen functional groups attached to an aromatic ring is 1. The van der Waals surface area contributed by atoms with Gasteiger partial charge in [0.2, 0.25) is 10.0 Å². The molecule has 4 rings (SSSR count). The van der Waals surface area contributed by atoms with Crippen LogP contribution in [-0.4, -0.2) is 41.6 Å². The van der Waals surface area contributed by atoms with Crippen LogP contribution in [0.5, 0.6) is 0 Å². The fourth-order valence-electron chi connectivity index (χ4n) is 3.82. The first-order valence-electron chi connectivity index (χ1n) is 11.2. The molecule has 0 spiro atoms. The molecule has 0 amide bonds. The van der Waals surface area contributed by atoms with E-state index >= 15 is 0 Å². The number of fused-ring (bicyclic) bond motifs is 1. The summed E-state index contributed by atoms with van der Waals surface area (Å²) in [4.78, 5) is 21.2. The highest BCUT2D eigenvalue weighted by molar-refractivity contribution is 7.89. The van der Waals surface area contributed by atoms with Crippen LogP contribution in [0.2, 0.25) is 0 Å². The first-order chi connectivity index (χ1) is 16.8. The molecule has 0 aliphatic carbocycles. The number of hydrogen-bond donors (Lipinski definition) is 2. The molecule has 9 nitrogen and oxygen atoms in total. The van der Waals surface area contributed by atoms with Crippen molar-refractivity contribution < 1.29 is 17.9 Å². The zero-order valence-electron chi connectivity index (χ0n) is 19.5. The number of carbonyl (C=O) groups excluding carboxylic acids is 1. The first-order valence-corrected chi connectivity index (χ1v) is 12.6. The van der Waals surface area contributed by atoms with Crippen molar-refractivity contribution in [3.05, 3.63) is 83.9 Å². The Bertz CT molecular complexity index is 1430. The number of rotatable bonds is 9. The molecular formula is C25H27N5O4S. The molecule has 35 heavy (non-hydrogen) atoms. The smallest absolute Gasteiger partial charge is 0.324 e. The molecule has 2 aromatic carbocycles. The standard InChI is InChI=1S/C25H27N5O4S/c1-3-34-25(31)22(14-18-4-8-20(26)9-5-18)29-35(32,33)21-10-6-19(7-11-21)16-30-17(2)28-23-15-27-13-12-24(23)30/h4-13,15,22,29H,3,14,16,26H2,1-2H3/t22-/m0/s1. The van der Waals surface area contributed by atoms with Crippen LogP contribution in [-0.2, 0) is 32.5 Å². The van der Waals surface area contributed by atoms with Gasteiger partial charge >= 0.3 is 5.97 Å². The minimum absolute atomic E-state index is 0.0595. The maximum Gasteiger partial charge on any atom is 0.324 e. The number of sulfonamides is 1. The van der Waals surface area contributed by atoms with Crippen LogP contribution in [0.4, 0.5) is 5.69 Å². The number of aromatic nitrogens is 3. The molecule has 1 atom stereocenters. The molecule has 0 aliphatic rings. The van der Waals surface area contributed by atoms with Gasteiger partial charge in [0.25, 0.3) is 0 Å². The summed E-state index contributed by atoms with van der Waals surface area (Å²) in [5.41, 5.74) is 9.73. The Morgan fingerprint density at radius 2 is 1.77 bits per heavy atom. The fourth-order valence-corrected chi connectivity index (χ4v) is 5.00. The molecule has 0 bridgehead atoms. The lowest BCUT2D eigenvalue weighted by Gasteiger charge is -2.18. The highest BCUT2D eigenvalue weighted by Gasteiger charge is 2.27. The second-order valence-electron chi connectivity index (χ2n) is 8.13. The van der Waals surface area contributed by atoms with E-state index in [0.717, 1.165) is 28.0 Å². The van der Waals surface area contributed by atoms with E-state index in [9.17, 15) is 13.2 Å². The number of esters is 1. The molecule has 2 aromatic heterocycles. The van der Waals surface area contributed by atoms with E-state index in [4.69, 9.17) is 10.5 Å². The lowest BCUT2D eigenvalue weighted by Crippen LogP contribution is -2.43. The molecule has 0 saturated carbocycles. The SMILES string of the molecule is CCOC(=O)[C@H](Cc1ccc(N)cc1)NS(=O)(=O)c1ccc(Cn2c(C)nc3cnccc32)cc1. The number of nitrogens with two attached hydrogens (primary N) is 1. The van der Waals surface area contributed by atoms with E-state index < -0.39 is 22.0 Å². The Balaban J connectivity index is 1.52. The van der Waals surface area contributed by atoms with Gasteiger partial charge in [-0.2, -0.15) is 4.72 Å². The summed E-state index contributed by atoms with van der Waals surface area (Å²) in [5.74, 6) is 0.202. The van der Waals surface area contributed by atoms with E-state index in [1.807, 2.05) is 17.6 Å². The summed E-state index contributed by atoms with van der Waals surface area (Å²) in [7, 11) is -3.98. The van der Waals surface area contributed by atoms with Crippen LogP contribution < -0.4 is 10.5 Å².